The van der Waals surface area contributed by atoms with Crippen molar-refractivity contribution < 1.29 is 4.79 Å². The van der Waals surface area contributed by atoms with Crippen LogP contribution in [0.3, 0.4) is 0 Å². The van der Waals surface area contributed by atoms with Crippen LogP contribution in [0.1, 0.15) is 15.9 Å². The molecule has 0 bridgehead atoms. The van der Waals surface area contributed by atoms with E-state index in [1.54, 1.807) is 0 Å². The van der Waals surface area contributed by atoms with Crippen LogP contribution < -0.4 is 0 Å². The van der Waals surface area contributed by atoms with Crippen LogP contribution >= 0.6 is 31.9 Å². The minimum Gasteiger partial charge on any atom is -0.349 e. The number of aromatic nitrogens is 1. The van der Waals surface area contributed by atoms with Gasteiger partial charge >= 0.3 is 0 Å². The lowest BCUT2D eigenvalue weighted by Crippen LogP contribution is -2.01. The van der Waals surface area contributed by atoms with Gasteiger partial charge in [-0.3, -0.25) is 4.79 Å². The van der Waals surface area contributed by atoms with Crippen LogP contribution in [0, 0.1) is 0 Å². The molecule has 0 saturated carbocycles. The van der Waals surface area contributed by atoms with Gasteiger partial charge in [0.25, 0.3) is 0 Å². The number of aromatic amines is 1. The first-order chi connectivity index (χ1) is 9.15. The van der Waals surface area contributed by atoms with E-state index in [0.717, 1.165) is 20.0 Å². The first kappa shape index (κ1) is 12.6. The summed E-state index contributed by atoms with van der Waals surface area (Å²) in [6.45, 7) is 0. The number of carbonyl (C=O) groups is 1. The number of H-pyrrole nitrogens is 1. The summed E-state index contributed by atoms with van der Waals surface area (Å²) in [4.78, 5) is 15.7. The van der Waals surface area contributed by atoms with Crippen molar-refractivity contribution in [2.24, 2.45) is 0 Å². The molecule has 2 nitrogen and oxygen atoms in total. The van der Waals surface area contributed by atoms with E-state index < -0.39 is 0 Å². The average Bonchev–Trinajstić information content (AvgIpc) is 2.78. The van der Waals surface area contributed by atoms with E-state index in [0.29, 0.717) is 11.1 Å². The van der Waals surface area contributed by atoms with E-state index in [4.69, 9.17) is 0 Å². The smallest absolute Gasteiger partial charge is 0.195 e. The van der Waals surface area contributed by atoms with Crippen molar-refractivity contribution in [3.8, 4) is 0 Å². The maximum Gasteiger partial charge on any atom is 0.195 e. The average molecular weight is 379 g/mol. The molecule has 0 aliphatic rings. The topological polar surface area (TPSA) is 32.9 Å². The van der Waals surface area contributed by atoms with Crippen LogP contribution in [0.25, 0.3) is 10.9 Å². The molecule has 19 heavy (non-hydrogen) atoms. The third-order valence-corrected chi connectivity index (χ3v) is 3.93. The minimum absolute atomic E-state index is 0.0208. The van der Waals surface area contributed by atoms with Crippen LogP contribution in [0.5, 0.6) is 0 Å². The number of halogens is 2. The third-order valence-electron chi connectivity index (χ3n) is 2.97. The molecule has 0 atom stereocenters. The first-order valence-electron chi connectivity index (χ1n) is 5.72. The van der Waals surface area contributed by atoms with Crippen molar-refractivity contribution in [2.45, 2.75) is 0 Å². The van der Waals surface area contributed by atoms with Gasteiger partial charge in [0.1, 0.15) is 0 Å². The number of fused-ring (bicyclic) bond motifs is 1. The Morgan fingerprint density at radius 2 is 1.74 bits per heavy atom. The summed E-state index contributed by atoms with van der Waals surface area (Å²) in [5, 5.41) is 1.02. The third kappa shape index (κ3) is 2.38. The lowest BCUT2D eigenvalue weighted by Gasteiger charge is -2.03. The maximum absolute atomic E-state index is 12.5. The van der Waals surface area contributed by atoms with Crippen molar-refractivity contribution in [2.75, 3.05) is 0 Å². The summed E-state index contributed by atoms with van der Waals surface area (Å²) < 4.78 is 1.84. The Morgan fingerprint density at radius 3 is 2.47 bits per heavy atom. The monoisotopic (exact) mass is 377 g/mol. The maximum atomic E-state index is 12.5. The fourth-order valence-electron chi connectivity index (χ4n) is 2.07. The number of ketones is 1. The van der Waals surface area contributed by atoms with Gasteiger partial charge in [-0.05, 0) is 52.3 Å². The summed E-state index contributed by atoms with van der Waals surface area (Å²) >= 11 is 6.77. The van der Waals surface area contributed by atoms with Crippen LogP contribution in [0.15, 0.2) is 57.6 Å². The molecule has 94 valence electrons. The van der Waals surface area contributed by atoms with Crippen LogP contribution in [0.4, 0.5) is 0 Å². The number of hydrogen-bond acceptors (Lipinski definition) is 1. The molecule has 0 radical (unpaired) electrons. The molecular weight excluding hydrogens is 370 g/mol. The van der Waals surface area contributed by atoms with Crippen molar-refractivity contribution in [1.29, 1.82) is 0 Å². The second kappa shape index (κ2) is 4.94. The Balaban J connectivity index is 2.13. The molecule has 0 saturated heterocycles. The molecule has 0 fully saturated rings. The molecule has 2 aromatic carbocycles. The molecule has 3 aromatic rings. The predicted octanol–water partition coefficient (Wildman–Crippen LogP) is 4.92. The Labute approximate surface area is 127 Å². The molecule has 0 spiro atoms. The number of nitrogens with one attached hydrogen (secondary N) is 1. The number of rotatable bonds is 2. The lowest BCUT2D eigenvalue weighted by molar-refractivity contribution is 0.104. The summed E-state index contributed by atoms with van der Waals surface area (Å²) in [5.41, 5.74) is 2.23. The molecule has 0 unspecified atom stereocenters. The van der Waals surface area contributed by atoms with Gasteiger partial charge in [0.05, 0.1) is 10.1 Å². The number of hydrogen-bond donors (Lipinski definition) is 1. The van der Waals surface area contributed by atoms with E-state index in [2.05, 4.69) is 36.8 Å². The van der Waals surface area contributed by atoms with Gasteiger partial charge in [0, 0.05) is 21.0 Å². The van der Waals surface area contributed by atoms with Crippen molar-refractivity contribution >= 4 is 48.5 Å². The number of benzene rings is 2. The van der Waals surface area contributed by atoms with E-state index >= 15 is 0 Å². The Morgan fingerprint density at radius 1 is 1.00 bits per heavy atom. The molecule has 3 rings (SSSR count). The summed E-state index contributed by atoms with van der Waals surface area (Å²) in [5.74, 6) is 0.0208. The van der Waals surface area contributed by atoms with E-state index in [-0.39, 0.29) is 5.78 Å². The standard InChI is InChI=1S/C15H9Br2NO/c16-11-6-4-9(5-7-11)15(19)12-3-1-2-10-8-13(17)18-14(10)12/h1-8,18H. The van der Waals surface area contributed by atoms with Crippen LogP contribution in [0.2, 0.25) is 0 Å². The SMILES string of the molecule is O=C(c1ccc(Br)cc1)c1cccc2cc(Br)[nH]c12. The van der Waals surface area contributed by atoms with Gasteiger partial charge < -0.3 is 4.98 Å². The van der Waals surface area contributed by atoms with Gasteiger partial charge in [0.2, 0.25) is 0 Å². The number of para-hydroxylation sites is 1. The van der Waals surface area contributed by atoms with Crippen molar-refractivity contribution in [3.63, 3.8) is 0 Å². The lowest BCUT2D eigenvalue weighted by atomic mass is 10.0. The fraction of sp³-hybridized carbons (Fsp3) is 0. The van der Waals surface area contributed by atoms with Gasteiger partial charge in [-0.15, -0.1) is 0 Å². The highest BCUT2D eigenvalue weighted by atomic mass is 79.9. The highest BCUT2D eigenvalue weighted by molar-refractivity contribution is 9.10. The molecule has 1 aromatic heterocycles. The second-order valence-corrected chi connectivity index (χ2v) is 5.99. The highest BCUT2D eigenvalue weighted by Gasteiger charge is 2.13. The largest absolute Gasteiger partial charge is 0.349 e. The van der Waals surface area contributed by atoms with E-state index in [1.807, 2.05) is 48.5 Å². The Bertz CT molecular complexity index is 759. The summed E-state index contributed by atoms with van der Waals surface area (Å²) in [7, 11) is 0. The molecule has 0 amide bonds. The quantitative estimate of drug-likeness (QED) is 0.630. The van der Waals surface area contributed by atoms with E-state index in [9.17, 15) is 4.79 Å². The van der Waals surface area contributed by atoms with Crippen LogP contribution in [-0.2, 0) is 0 Å². The van der Waals surface area contributed by atoms with Gasteiger partial charge in [-0.25, -0.2) is 0 Å². The fourth-order valence-corrected chi connectivity index (χ4v) is 2.78. The predicted molar refractivity (Wildman–Crippen MR) is 83.6 cm³/mol. The van der Waals surface area contributed by atoms with E-state index in [1.165, 1.54) is 0 Å². The Hall–Kier alpha value is -1.39. The zero-order chi connectivity index (χ0) is 13.4. The van der Waals surface area contributed by atoms with Gasteiger partial charge in [0.15, 0.2) is 5.78 Å². The van der Waals surface area contributed by atoms with Crippen molar-refractivity contribution in [3.05, 3.63) is 68.7 Å². The molecule has 0 aliphatic carbocycles. The summed E-state index contributed by atoms with van der Waals surface area (Å²) in [6.07, 6.45) is 0. The molecular formula is C15H9Br2NO. The van der Waals surface area contributed by atoms with Gasteiger partial charge in [-0.2, -0.15) is 0 Å². The van der Waals surface area contributed by atoms with Crippen molar-refractivity contribution in [1.82, 2.24) is 4.98 Å². The molecule has 1 heterocycles. The molecule has 4 heteroatoms. The Kier molecular flexibility index (Phi) is 3.29. The normalized spacial score (nSPS) is 10.8. The first-order valence-corrected chi connectivity index (χ1v) is 7.31. The zero-order valence-corrected chi connectivity index (χ0v) is 13.0. The zero-order valence-electron chi connectivity index (χ0n) is 9.78. The highest BCUT2D eigenvalue weighted by Crippen LogP contribution is 2.24. The molecule has 1 N–H and O–H groups in total. The summed E-state index contributed by atoms with van der Waals surface area (Å²) in [6, 6.07) is 15.1. The number of carbonyl (C=O) groups excluding carboxylic acids is 1. The second-order valence-electron chi connectivity index (χ2n) is 4.22. The van der Waals surface area contributed by atoms with Crippen LogP contribution in [-0.4, -0.2) is 10.8 Å². The van der Waals surface area contributed by atoms with Gasteiger partial charge in [-0.1, -0.05) is 28.1 Å². The minimum atomic E-state index is 0.0208. The molecule has 0 aliphatic heterocycles.